The minimum atomic E-state index is -3.23. The van der Waals surface area contributed by atoms with Crippen molar-refractivity contribution < 1.29 is 27.5 Å². The fourth-order valence-electron chi connectivity index (χ4n) is 3.80. The number of ketones is 1. The SMILES string of the molecule is O=C(OCC(=O)N(c1ccccc1)C1CCS(=O)(=O)C1)c1ccccc1C(=O)c1cccs1. The second-order valence-electron chi connectivity index (χ2n) is 7.58. The molecule has 0 saturated carbocycles. The first-order chi connectivity index (χ1) is 15.9. The third-order valence-electron chi connectivity index (χ3n) is 5.34. The van der Waals surface area contributed by atoms with Gasteiger partial charge < -0.3 is 9.64 Å². The van der Waals surface area contributed by atoms with Crippen LogP contribution in [-0.2, 0) is 19.4 Å². The third-order valence-corrected chi connectivity index (χ3v) is 7.96. The predicted octanol–water partition coefficient (Wildman–Crippen LogP) is 3.36. The van der Waals surface area contributed by atoms with E-state index in [1.54, 1.807) is 66.0 Å². The fourth-order valence-corrected chi connectivity index (χ4v) is 6.18. The van der Waals surface area contributed by atoms with Gasteiger partial charge in [0.15, 0.2) is 16.4 Å². The predicted molar refractivity (Wildman–Crippen MR) is 125 cm³/mol. The van der Waals surface area contributed by atoms with Gasteiger partial charge in [-0.05, 0) is 36.1 Å². The Kier molecular flexibility index (Phi) is 6.71. The lowest BCUT2D eigenvalue weighted by atomic mass is 10.0. The largest absolute Gasteiger partial charge is 0.452 e. The number of anilines is 1. The average molecular weight is 484 g/mol. The molecule has 1 aliphatic rings. The van der Waals surface area contributed by atoms with Crippen molar-refractivity contribution in [2.45, 2.75) is 12.5 Å². The average Bonchev–Trinajstić information content (AvgIpc) is 3.48. The maximum Gasteiger partial charge on any atom is 0.339 e. The summed E-state index contributed by atoms with van der Waals surface area (Å²) in [5.74, 6) is -1.76. The molecule has 0 radical (unpaired) electrons. The Hall–Kier alpha value is -3.30. The highest BCUT2D eigenvalue weighted by Crippen LogP contribution is 2.25. The van der Waals surface area contributed by atoms with Gasteiger partial charge in [-0.25, -0.2) is 13.2 Å². The molecule has 9 heteroatoms. The van der Waals surface area contributed by atoms with Gasteiger partial charge in [0.25, 0.3) is 5.91 Å². The number of carbonyl (C=O) groups excluding carboxylic acids is 3. The Morgan fingerprint density at radius 2 is 1.64 bits per heavy atom. The number of thiophene rings is 1. The van der Waals surface area contributed by atoms with Crippen LogP contribution < -0.4 is 4.90 Å². The molecule has 170 valence electrons. The number of hydrogen-bond donors (Lipinski definition) is 0. The minimum Gasteiger partial charge on any atom is -0.452 e. The van der Waals surface area contributed by atoms with E-state index >= 15 is 0 Å². The molecule has 1 saturated heterocycles. The summed E-state index contributed by atoms with van der Waals surface area (Å²) in [5, 5.41) is 1.77. The fraction of sp³-hybridized carbons (Fsp3) is 0.208. The highest BCUT2D eigenvalue weighted by atomic mass is 32.2. The summed E-state index contributed by atoms with van der Waals surface area (Å²) in [6.45, 7) is -0.578. The van der Waals surface area contributed by atoms with Gasteiger partial charge in [-0.2, -0.15) is 0 Å². The molecule has 1 aliphatic heterocycles. The Bertz CT molecular complexity index is 1270. The lowest BCUT2D eigenvalue weighted by Gasteiger charge is -2.28. The van der Waals surface area contributed by atoms with Crippen LogP contribution in [0.5, 0.6) is 0 Å². The number of carbonyl (C=O) groups is 3. The van der Waals surface area contributed by atoms with E-state index in [1.807, 2.05) is 0 Å². The van der Waals surface area contributed by atoms with Crippen LogP contribution in [0.15, 0.2) is 72.1 Å². The van der Waals surface area contributed by atoms with Gasteiger partial charge in [0.2, 0.25) is 5.78 Å². The van der Waals surface area contributed by atoms with Crippen LogP contribution in [0, 0.1) is 0 Å². The van der Waals surface area contributed by atoms with Crippen molar-refractivity contribution in [2.24, 2.45) is 0 Å². The topological polar surface area (TPSA) is 97.8 Å². The van der Waals surface area contributed by atoms with Gasteiger partial charge in [-0.1, -0.05) is 42.5 Å². The molecular formula is C24H21NO6S2. The molecule has 4 rings (SSSR count). The molecule has 1 aromatic heterocycles. The Labute approximate surface area is 195 Å². The second-order valence-corrected chi connectivity index (χ2v) is 10.8. The van der Waals surface area contributed by atoms with Crippen molar-refractivity contribution in [3.63, 3.8) is 0 Å². The monoisotopic (exact) mass is 483 g/mol. The number of benzene rings is 2. The van der Waals surface area contributed by atoms with E-state index in [1.165, 1.54) is 22.3 Å². The van der Waals surface area contributed by atoms with Gasteiger partial charge in [0.05, 0.1) is 28.0 Å². The van der Waals surface area contributed by atoms with Gasteiger partial charge in [-0.3, -0.25) is 9.59 Å². The van der Waals surface area contributed by atoms with Crippen LogP contribution in [0.2, 0.25) is 0 Å². The number of nitrogens with zero attached hydrogens (tertiary/aromatic N) is 1. The summed E-state index contributed by atoms with van der Waals surface area (Å²) >= 11 is 1.27. The minimum absolute atomic E-state index is 0.00623. The molecule has 1 fully saturated rings. The highest BCUT2D eigenvalue weighted by molar-refractivity contribution is 7.91. The Balaban J connectivity index is 1.52. The molecule has 7 nitrogen and oxygen atoms in total. The molecule has 33 heavy (non-hydrogen) atoms. The van der Waals surface area contributed by atoms with Crippen molar-refractivity contribution in [3.8, 4) is 0 Å². The zero-order valence-electron chi connectivity index (χ0n) is 17.5. The lowest BCUT2D eigenvalue weighted by Crippen LogP contribution is -2.43. The first-order valence-electron chi connectivity index (χ1n) is 10.3. The number of hydrogen-bond acceptors (Lipinski definition) is 7. The highest BCUT2D eigenvalue weighted by Gasteiger charge is 2.36. The molecular weight excluding hydrogens is 462 g/mol. The van der Waals surface area contributed by atoms with E-state index in [-0.39, 0.29) is 28.4 Å². The van der Waals surface area contributed by atoms with E-state index in [0.717, 1.165) is 0 Å². The van der Waals surface area contributed by atoms with Crippen LogP contribution in [0.25, 0.3) is 0 Å². The zero-order chi connectivity index (χ0) is 23.4. The molecule has 0 aliphatic carbocycles. The van der Waals surface area contributed by atoms with Crippen molar-refractivity contribution in [3.05, 3.63) is 88.1 Å². The maximum absolute atomic E-state index is 13.1. The normalized spacial score (nSPS) is 16.8. The van der Waals surface area contributed by atoms with Gasteiger partial charge >= 0.3 is 5.97 Å². The summed E-state index contributed by atoms with van der Waals surface area (Å²) in [5.41, 5.74) is 0.798. The van der Waals surface area contributed by atoms with Crippen LogP contribution in [0.3, 0.4) is 0 Å². The van der Waals surface area contributed by atoms with Crippen molar-refractivity contribution >= 4 is 44.5 Å². The molecule has 1 amide bonds. The second kappa shape index (κ2) is 9.68. The molecule has 0 bridgehead atoms. The summed E-state index contributed by atoms with van der Waals surface area (Å²) in [6.07, 6.45) is 0.315. The van der Waals surface area contributed by atoms with Crippen LogP contribution in [0.4, 0.5) is 5.69 Å². The number of esters is 1. The van der Waals surface area contributed by atoms with Gasteiger partial charge in [0.1, 0.15) is 0 Å². The molecule has 2 heterocycles. The molecule has 1 atom stereocenters. The zero-order valence-corrected chi connectivity index (χ0v) is 19.2. The van der Waals surface area contributed by atoms with Crippen LogP contribution in [-0.4, -0.2) is 50.2 Å². The standard InChI is InChI=1S/C24H21NO6S2/c26-22(25(17-7-2-1-3-8-17)18-12-14-33(29,30)16-18)15-31-24(28)20-10-5-4-9-19(20)23(27)21-11-6-13-32-21/h1-11,13,18H,12,14-16H2. The smallest absolute Gasteiger partial charge is 0.339 e. The molecule has 3 aromatic rings. The Morgan fingerprint density at radius 1 is 0.939 bits per heavy atom. The van der Waals surface area contributed by atoms with Crippen LogP contribution >= 0.6 is 11.3 Å². The molecule has 2 aromatic carbocycles. The molecule has 0 spiro atoms. The van der Waals surface area contributed by atoms with Crippen molar-refractivity contribution in [1.82, 2.24) is 0 Å². The van der Waals surface area contributed by atoms with E-state index < -0.39 is 34.4 Å². The van der Waals surface area contributed by atoms with Gasteiger partial charge in [0, 0.05) is 11.3 Å². The van der Waals surface area contributed by atoms with E-state index in [9.17, 15) is 22.8 Å². The number of ether oxygens (including phenoxy) is 1. The Morgan fingerprint density at radius 3 is 2.27 bits per heavy atom. The number of amides is 1. The number of sulfone groups is 1. The molecule has 0 N–H and O–H groups in total. The summed E-state index contributed by atoms with van der Waals surface area (Å²) in [4.78, 5) is 40.5. The summed E-state index contributed by atoms with van der Waals surface area (Å²) < 4.78 is 29.3. The molecule has 1 unspecified atom stereocenters. The van der Waals surface area contributed by atoms with Crippen molar-refractivity contribution in [1.29, 1.82) is 0 Å². The quantitative estimate of drug-likeness (QED) is 0.378. The first kappa shape index (κ1) is 22.9. The van der Waals surface area contributed by atoms with E-state index in [2.05, 4.69) is 0 Å². The number of para-hydroxylation sites is 1. The van der Waals surface area contributed by atoms with Crippen LogP contribution in [0.1, 0.15) is 32.0 Å². The maximum atomic E-state index is 13.1. The first-order valence-corrected chi connectivity index (χ1v) is 13.0. The summed E-state index contributed by atoms with van der Waals surface area (Å²) in [7, 11) is -3.23. The van der Waals surface area contributed by atoms with Crippen molar-refractivity contribution in [2.75, 3.05) is 23.0 Å². The lowest BCUT2D eigenvalue weighted by molar-refractivity contribution is -0.122. The summed E-state index contributed by atoms with van der Waals surface area (Å²) in [6, 6.07) is 17.9. The number of rotatable bonds is 7. The van der Waals surface area contributed by atoms with Gasteiger partial charge in [-0.15, -0.1) is 11.3 Å². The third kappa shape index (κ3) is 5.20. The van der Waals surface area contributed by atoms with E-state index in [4.69, 9.17) is 4.74 Å². The van der Waals surface area contributed by atoms with E-state index in [0.29, 0.717) is 17.0 Å².